The number of aryl methyl sites for hydroxylation is 2. The lowest BCUT2D eigenvalue weighted by Crippen LogP contribution is -2.27. The van der Waals surface area contributed by atoms with Gasteiger partial charge in [-0.15, -0.1) is 0 Å². The van der Waals surface area contributed by atoms with Gasteiger partial charge in [0.2, 0.25) is 10.0 Å². The van der Waals surface area contributed by atoms with Crippen molar-refractivity contribution < 1.29 is 13.2 Å². The van der Waals surface area contributed by atoms with Crippen molar-refractivity contribution in [1.29, 1.82) is 0 Å². The Hall–Kier alpha value is -1.86. The molecule has 0 aliphatic heterocycles. The molecule has 0 spiro atoms. The van der Waals surface area contributed by atoms with Crippen LogP contribution in [-0.2, 0) is 17.1 Å². The van der Waals surface area contributed by atoms with Crippen LogP contribution in [0.3, 0.4) is 0 Å². The molecule has 2 rings (SSSR count). The molecular weight excluding hydrogens is 314 g/mol. The van der Waals surface area contributed by atoms with E-state index < -0.39 is 10.0 Å². The van der Waals surface area contributed by atoms with E-state index in [1.54, 1.807) is 25.6 Å². The van der Waals surface area contributed by atoms with Crippen LogP contribution in [0.5, 0.6) is 5.75 Å². The summed E-state index contributed by atoms with van der Waals surface area (Å²) in [5.74, 6) is 0.727. The highest BCUT2D eigenvalue weighted by Gasteiger charge is 2.25. The Balaban J connectivity index is 2.28. The topological polar surface area (TPSA) is 73.2 Å². The van der Waals surface area contributed by atoms with E-state index in [0.717, 1.165) is 11.3 Å². The first-order valence-corrected chi connectivity index (χ1v) is 9.00. The van der Waals surface area contributed by atoms with Crippen LogP contribution >= 0.6 is 0 Å². The predicted molar refractivity (Wildman–Crippen MR) is 89.0 cm³/mol. The van der Waals surface area contributed by atoms with Gasteiger partial charge in [0, 0.05) is 13.1 Å². The number of nitrogens with one attached hydrogen (secondary N) is 1. The number of benzene rings is 1. The second-order valence-electron chi connectivity index (χ2n) is 5.47. The van der Waals surface area contributed by atoms with Crippen LogP contribution in [0.2, 0.25) is 0 Å². The second kappa shape index (κ2) is 6.72. The third-order valence-electron chi connectivity index (χ3n) is 3.71. The van der Waals surface area contributed by atoms with E-state index >= 15 is 0 Å². The number of rotatable bonds is 6. The Morgan fingerprint density at radius 2 is 2.04 bits per heavy atom. The Bertz CT molecular complexity index is 797. The molecule has 0 fully saturated rings. The number of ether oxygens (including phenoxy) is 1. The molecule has 0 saturated carbocycles. The molecule has 0 saturated heterocycles. The normalized spacial score (nSPS) is 13.1. The summed E-state index contributed by atoms with van der Waals surface area (Å²) in [6.45, 7) is 7.73. The molecule has 1 N–H and O–H groups in total. The molecule has 0 bridgehead atoms. The number of sulfonamides is 1. The number of hydrogen-bond donors (Lipinski definition) is 1. The van der Waals surface area contributed by atoms with E-state index in [0.29, 0.717) is 18.0 Å². The molecule has 1 aromatic carbocycles. The monoisotopic (exact) mass is 337 g/mol. The minimum atomic E-state index is -3.65. The highest BCUT2D eigenvalue weighted by atomic mass is 32.2. The van der Waals surface area contributed by atoms with Crippen LogP contribution in [0.1, 0.15) is 36.8 Å². The molecule has 0 amide bonds. The number of nitrogens with zero attached hydrogens (tertiary/aromatic N) is 2. The molecule has 0 radical (unpaired) electrons. The molecule has 2 aromatic rings. The fraction of sp³-hybridized carbons (Fsp3) is 0.438. The van der Waals surface area contributed by atoms with Gasteiger partial charge in [-0.25, -0.2) is 13.1 Å². The van der Waals surface area contributed by atoms with E-state index in [-0.39, 0.29) is 10.9 Å². The quantitative estimate of drug-likeness (QED) is 0.879. The van der Waals surface area contributed by atoms with Crippen molar-refractivity contribution in [2.45, 2.75) is 38.6 Å². The second-order valence-corrected chi connectivity index (χ2v) is 7.12. The maximum atomic E-state index is 12.7. The molecule has 1 atom stereocenters. The third-order valence-corrected chi connectivity index (χ3v) is 5.50. The fourth-order valence-corrected chi connectivity index (χ4v) is 4.21. The van der Waals surface area contributed by atoms with E-state index in [1.165, 1.54) is 0 Å². The molecule has 0 aliphatic rings. The molecule has 7 heteroatoms. The lowest BCUT2D eigenvalue weighted by atomic mass is 10.1. The molecule has 0 aliphatic carbocycles. The van der Waals surface area contributed by atoms with Gasteiger partial charge in [0.1, 0.15) is 10.6 Å². The van der Waals surface area contributed by atoms with Crippen LogP contribution in [-0.4, -0.2) is 24.8 Å². The van der Waals surface area contributed by atoms with Gasteiger partial charge in [0.15, 0.2) is 0 Å². The standard InChI is InChI=1S/C16H23N3O3S/c1-6-22-15-9-7-8-14(10-15)11(2)18-23(20,21)16-12(3)17-19(5)13(16)4/h7-11,18H,6H2,1-5H3. The molecule has 126 valence electrons. The molecule has 1 aromatic heterocycles. The first kappa shape index (κ1) is 17.5. The lowest BCUT2D eigenvalue weighted by molar-refractivity contribution is 0.339. The van der Waals surface area contributed by atoms with Crippen LogP contribution in [0.4, 0.5) is 0 Å². The maximum Gasteiger partial charge on any atom is 0.244 e. The lowest BCUT2D eigenvalue weighted by Gasteiger charge is -2.16. The fourth-order valence-electron chi connectivity index (χ4n) is 2.54. The first-order chi connectivity index (χ1) is 10.8. The van der Waals surface area contributed by atoms with E-state index in [4.69, 9.17) is 4.74 Å². The molecule has 1 heterocycles. The van der Waals surface area contributed by atoms with Crippen molar-refractivity contribution in [3.8, 4) is 5.75 Å². The van der Waals surface area contributed by atoms with Gasteiger partial charge in [-0.3, -0.25) is 4.68 Å². The minimum absolute atomic E-state index is 0.243. The molecule has 23 heavy (non-hydrogen) atoms. The van der Waals surface area contributed by atoms with Gasteiger partial charge in [-0.2, -0.15) is 5.10 Å². The summed E-state index contributed by atoms with van der Waals surface area (Å²) in [6, 6.07) is 7.05. The highest BCUT2D eigenvalue weighted by molar-refractivity contribution is 7.89. The largest absolute Gasteiger partial charge is 0.494 e. The SMILES string of the molecule is CCOc1cccc(C(C)NS(=O)(=O)c2c(C)nn(C)c2C)c1. The summed E-state index contributed by atoms with van der Waals surface area (Å²) < 4.78 is 35.1. The van der Waals surface area contributed by atoms with Gasteiger partial charge in [0.25, 0.3) is 0 Å². The third kappa shape index (κ3) is 3.73. The van der Waals surface area contributed by atoms with Gasteiger partial charge in [-0.1, -0.05) is 12.1 Å². The van der Waals surface area contributed by atoms with Crippen molar-refractivity contribution in [1.82, 2.24) is 14.5 Å². The van der Waals surface area contributed by atoms with Crippen LogP contribution in [0.15, 0.2) is 29.2 Å². The van der Waals surface area contributed by atoms with Crippen molar-refractivity contribution in [3.63, 3.8) is 0 Å². The van der Waals surface area contributed by atoms with Crippen LogP contribution in [0.25, 0.3) is 0 Å². The minimum Gasteiger partial charge on any atom is -0.494 e. The average molecular weight is 337 g/mol. The Kier molecular flexibility index (Phi) is 5.11. The Morgan fingerprint density at radius 3 is 2.61 bits per heavy atom. The first-order valence-electron chi connectivity index (χ1n) is 7.51. The van der Waals surface area contributed by atoms with Gasteiger partial charge < -0.3 is 4.74 Å². The van der Waals surface area contributed by atoms with Gasteiger partial charge in [-0.05, 0) is 45.4 Å². The summed E-state index contributed by atoms with van der Waals surface area (Å²) in [6.07, 6.45) is 0. The zero-order valence-corrected chi connectivity index (χ0v) is 14.9. The van der Waals surface area contributed by atoms with E-state index in [9.17, 15) is 8.42 Å². The van der Waals surface area contributed by atoms with Crippen LogP contribution in [0, 0.1) is 13.8 Å². The summed E-state index contributed by atoms with van der Waals surface area (Å²) in [7, 11) is -1.91. The van der Waals surface area contributed by atoms with Crippen molar-refractivity contribution >= 4 is 10.0 Å². The molecular formula is C16H23N3O3S. The number of aromatic nitrogens is 2. The Labute approximate surface area is 137 Å². The van der Waals surface area contributed by atoms with Crippen molar-refractivity contribution in [2.75, 3.05) is 6.61 Å². The van der Waals surface area contributed by atoms with Gasteiger partial charge in [0.05, 0.1) is 18.0 Å². The van der Waals surface area contributed by atoms with Crippen molar-refractivity contribution in [3.05, 3.63) is 41.2 Å². The van der Waals surface area contributed by atoms with E-state index in [2.05, 4.69) is 9.82 Å². The van der Waals surface area contributed by atoms with Gasteiger partial charge >= 0.3 is 0 Å². The zero-order valence-electron chi connectivity index (χ0n) is 14.1. The highest BCUT2D eigenvalue weighted by Crippen LogP contribution is 2.23. The Morgan fingerprint density at radius 1 is 1.35 bits per heavy atom. The average Bonchev–Trinajstić information content (AvgIpc) is 2.72. The summed E-state index contributed by atoms with van der Waals surface area (Å²) in [4.78, 5) is 0.243. The summed E-state index contributed by atoms with van der Waals surface area (Å²) in [5.41, 5.74) is 1.96. The van der Waals surface area contributed by atoms with Crippen molar-refractivity contribution in [2.24, 2.45) is 7.05 Å². The zero-order chi connectivity index (χ0) is 17.2. The maximum absolute atomic E-state index is 12.7. The molecule has 6 nitrogen and oxygen atoms in total. The summed E-state index contributed by atoms with van der Waals surface area (Å²) in [5, 5.41) is 4.17. The predicted octanol–water partition coefficient (Wildman–Crippen LogP) is 2.48. The molecule has 1 unspecified atom stereocenters. The van der Waals surface area contributed by atoms with Crippen LogP contribution < -0.4 is 9.46 Å². The summed E-state index contributed by atoms with van der Waals surface area (Å²) >= 11 is 0. The number of hydrogen-bond acceptors (Lipinski definition) is 4. The smallest absolute Gasteiger partial charge is 0.244 e. The van der Waals surface area contributed by atoms with E-state index in [1.807, 2.05) is 38.1 Å².